The second-order valence-corrected chi connectivity index (χ2v) is 7.72. The van der Waals surface area contributed by atoms with E-state index < -0.39 is 72.6 Å². The molecule has 0 N–H and O–H groups in total. The van der Waals surface area contributed by atoms with E-state index in [1.54, 1.807) is 20.8 Å². The van der Waals surface area contributed by atoms with E-state index in [1.165, 1.54) is 0 Å². The molecule has 5 atom stereocenters. The molecule has 0 aliphatic carbocycles. The largest absolute Gasteiger partial charge is 0.463 e. The van der Waals surface area contributed by atoms with Gasteiger partial charge in [-0.15, -0.1) is 0 Å². The smallest absolute Gasteiger partial charge is 0.311 e. The molecular formula is C19H28O11. The molecule has 11 heteroatoms. The quantitative estimate of drug-likeness (QED) is 0.431. The van der Waals surface area contributed by atoms with Gasteiger partial charge in [0.05, 0.1) is 5.41 Å². The minimum absolute atomic E-state index is 0.400. The Hall–Kier alpha value is -2.69. The molecule has 0 aromatic rings. The third-order valence-corrected chi connectivity index (χ3v) is 3.78. The molecule has 0 unspecified atom stereocenters. The first-order valence-electron chi connectivity index (χ1n) is 9.24. The number of esters is 5. The van der Waals surface area contributed by atoms with Gasteiger partial charge in [-0.2, -0.15) is 0 Å². The Balaban J connectivity index is 3.39. The zero-order valence-corrected chi connectivity index (χ0v) is 18.1. The summed E-state index contributed by atoms with van der Waals surface area (Å²) >= 11 is 0. The summed E-state index contributed by atoms with van der Waals surface area (Å²) in [6.45, 7) is 8.85. The molecule has 11 nitrogen and oxygen atoms in total. The van der Waals surface area contributed by atoms with Crippen molar-refractivity contribution in [3.8, 4) is 0 Å². The van der Waals surface area contributed by atoms with E-state index in [-0.39, 0.29) is 0 Å². The second kappa shape index (κ2) is 10.4. The van der Waals surface area contributed by atoms with Crippen molar-refractivity contribution in [3.05, 3.63) is 0 Å². The SMILES string of the molecule is CC(=O)OC[C@H]1O[C@H](OC(C)=O)[C@H](OC(=O)C(C)(C)C)[C@@H](OC(C)=O)[C@@H]1OC(C)=O. The summed E-state index contributed by atoms with van der Waals surface area (Å²) in [4.78, 5) is 58.7. The highest BCUT2D eigenvalue weighted by Gasteiger charge is 2.54. The highest BCUT2D eigenvalue weighted by Crippen LogP contribution is 2.31. The van der Waals surface area contributed by atoms with Gasteiger partial charge >= 0.3 is 29.8 Å². The van der Waals surface area contributed by atoms with Crippen molar-refractivity contribution >= 4 is 29.8 Å². The highest BCUT2D eigenvalue weighted by atomic mass is 16.7. The first kappa shape index (κ1) is 25.3. The van der Waals surface area contributed by atoms with Crippen molar-refractivity contribution in [1.82, 2.24) is 0 Å². The molecule has 0 spiro atoms. The molecule has 0 radical (unpaired) electrons. The van der Waals surface area contributed by atoms with E-state index in [4.69, 9.17) is 28.4 Å². The van der Waals surface area contributed by atoms with Crippen LogP contribution in [-0.4, -0.2) is 67.2 Å². The lowest BCUT2D eigenvalue weighted by atomic mass is 9.95. The Morgan fingerprint density at radius 1 is 0.700 bits per heavy atom. The fraction of sp³-hybridized carbons (Fsp3) is 0.737. The standard InChI is InChI=1S/C19H28O11/c1-9(20)25-8-13-14(26-10(2)21)15(27-11(3)22)16(17(29-13)28-12(4)23)30-18(24)19(5,6)7/h13-17H,8H2,1-7H3/t13-,14-,15+,16-,17+/m1/s1. The molecule has 0 bridgehead atoms. The lowest BCUT2D eigenvalue weighted by Crippen LogP contribution is -2.63. The van der Waals surface area contributed by atoms with Gasteiger partial charge in [-0.1, -0.05) is 0 Å². The molecule has 170 valence electrons. The van der Waals surface area contributed by atoms with E-state index in [1.807, 2.05) is 0 Å². The van der Waals surface area contributed by atoms with Gasteiger partial charge in [0.1, 0.15) is 12.7 Å². The van der Waals surface area contributed by atoms with Gasteiger partial charge in [0.25, 0.3) is 0 Å². The molecule has 1 rings (SSSR count). The van der Waals surface area contributed by atoms with Crippen LogP contribution in [0.1, 0.15) is 48.5 Å². The molecule has 1 saturated heterocycles. The number of rotatable bonds is 6. The van der Waals surface area contributed by atoms with Crippen LogP contribution in [0, 0.1) is 5.41 Å². The van der Waals surface area contributed by atoms with Gasteiger partial charge in [-0.05, 0) is 20.8 Å². The fourth-order valence-corrected chi connectivity index (χ4v) is 2.56. The number of carbonyl (C=O) groups excluding carboxylic acids is 5. The van der Waals surface area contributed by atoms with Crippen LogP contribution in [0.3, 0.4) is 0 Å². The topological polar surface area (TPSA) is 141 Å². The third-order valence-electron chi connectivity index (χ3n) is 3.78. The highest BCUT2D eigenvalue weighted by molar-refractivity contribution is 5.76. The predicted octanol–water partition coefficient (Wildman–Crippen LogP) is 0.659. The van der Waals surface area contributed by atoms with E-state index in [0.717, 1.165) is 27.7 Å². The van der Waals surface area contributed by atoms with Crippen molar-refractivity contribution in [2.45, 2.75) is 79.2 Å². The Bertz CT molecular complexity index is 678. The Morgan fingerprint density at radius 3 is 1.63 bits per heavy atom. The summed E-state index contributed by atoms with van der Waals surface area (Å²) in [5.41, 5.74) is -0.951. The van der Waals surface area contributed by atoms with Gasteiger partial charge in [0.2, 0.25) is 12.4 Å². The second-order valence-electron chi connectivity index (χ2n) is 7.72. The van der Waals surface area contributed by atoms with Gasteiger partial charge in [-0.25, -0.2) is 0 Å². The third kappa shape index (κ3) is 7.62. The maximum absolute atomic E-state index is 12.5. The van der Waals surface area contributed by atoms with Crippen LogP contribution < -0.4 is 0 Å². The summed E-state index contributed by atoms with van der Waals surface area (Å²) in [6, 6.07) is 0. The average molecular weight is 432 g/mol. The van der Waals surface area contributed by atoms with Crippen LogP contribution in [0.25, 0.3) is 0 Å². The first-order valence-corrected chi connectivity index (χ1v) is 9.24. The molecule has 0 aromatic carbocycles. The molecule has 0 aromatic heterocycles. The van der Waals surface area contributed by atoms with E-state index >= 15 is 0 Å². The van der Waals surface area contributed by atoms with E-state index in [2.05, 4.69) is 0 Å². The molecule has 1 heterocycles. The first-order chi connectivity index (χ1) is 13.7. The minimum Gasteiger partial charge on any atom is -0.463 e. The molecule has 1 fully saturated rings. The van der Waals surface area contributed by atoms with Gasteiger partial charge in [0.15, 0.2) is 12.2 Å². The normalized spacial score (nSPS) is 26.2. The molecular weight excluding hydrogens is 404 g/mol. The summed E-state index contributed by atoms with van der Waals surface area (Å²) in [7, 11) is 0. The summed E-state index contributed by atoms with van der Waals surface area (Å²) in [6.07, 6.45) is -6.82. The maximum atomic E-state index is 12.5. The fourth-order valence-electron chi connectivity index (χ4n) is 2.56. The van der Waals surface area contributed by atoms with Crippen LogP contribution in [0.4, 0.5) is 0 Å². The Kier molecular flexibility index (Phi) is 8.76. The molecule has 30 heavy (non-hydrogen) atoms. The van der Waals surface area contributed by atoms with Crippen LogP contribution in [0.15, 0.2) is 0 Å². The van der Waals surface area contributed by atoms with Crippen LogP contribution >= 0.6 is 0 Å². The Morgan fingerprint density at radius 2 is 1.20 bits per heavy atom. The van der Waals surface area contributed by atoms with Gasteiger partial charge < -0.3 is 28.4 Å². The maximum Gasteiger partial charge on any atom is 0.311 e. The van der Waals surface area contributed by atoms with E-state index in [9.17, 15) is 24.0 Å². The van der Waals surface area contributed by atoms with Crippen LogP contribution in [0.2, 0.25) is 0 Å². The number of hydrogen-bond acceptors (Lipinski definition) is 11. The average Bonchev–Trinajstić information content (AvgIpc) is 2.56. The zero-order valence-electron chi connectivity index (χ0n) is 18.1. The number of carbonyl (C=O) groups is 5. The number of hydrogen-bond donors (Lipinski definition) is 0. The van der Waals surface area contributed by atoms with Crippen molar-refractivity contribution < 1.29 is 52.4 Å². The zero-order chi connectivity index (χ0) is 23.2. The van der Waals surface area contributed by atoms with Crippen molar-refractivity contribution in [2.24, 2.45) is 5.41 Å². The minimum atomic E-state index is -1.51. The molecule has 0 amide bonds. The van der Waals surface area contributed by atoms with E-state index in [0.29, 0.717) is 0 Å². The van der Waals surface area contributed by atoms with Crippen LogP contribution in [0.5, 0.6) is 0 Å². The number of ether oxygens (including phenoxy) is 6. The summed E-state index contributed by atoms with van der Waals surface area (Å²) in [5.74, 6) is -3.64. The molecule has 1 aliphatic heterocycles. The summed E-state index contributed by atoms with van der Waals surface area (Å²) in [5, 5.41) is 0. The molecule has 0 saturated carbocycles. The van der Waals surface area contributed by atoms with Crippen molar-refractivity contribution in [1.29, 1.82) is 0 Å². The van der Waals surface area contributed by atoms with Gasteiger partial charge in [-0.3, -0.25) is 24.0 Å². The molecule has 1 aliphatic rings. The van der Waals surface area contributed by atoms with Crippen molar-refractivity contribution in [2.75, 3.05) is 6.61 Å². The lowest BCUT2D eigenvalue weighted by molar-refractivity contribution is -0.301. The Labute approximate surface area is 174 Å². The predicted molar refractivity (Wildman–Crippen MR) is 97.5 cm³/mol. The van der Waals surface area contributed by atoms with Gasteiger partial charge in [0, 0.05) is 27.7 Å². The lowest BCUT2D eigenvalue weighted by Gasteiger charge is -2.44. The monoisotopic (exact) mass is 432 g/mol. The van der Waals surface area contributed by atoms with Crippen molar-refractivity contribution in [3.63, 3.8) is 0 Å². The summed E-state index contributed by atoms with van der Waals surface area (Å²) < 4.78 is 31.6. The van der Waals surface area contributed by atoms with Crippen LogP contribution in [-0.2, 0) is 52.4 Å².